The molecule has 210 valence electrons. The molecule has 1 aliphatic rings. The lowest BCUT2D eigenvalue weighted by molar-refractivity contribution is -0.137. The van der Waals surface area contributed by atoms with E-state index in [0.717, 1.165) is 29.0 Å². The number of nitrogens with one attached hydrogen (secondary N) is 2. The fraction of sp³-hybridized carbons (Fsp3) is 0.333. The maximum Gasteiger partial charge on any atom is 0.416 e. The van der Waals surface area contributed by atoms with Gasteiger partial charge < -0.3 is 5.32 Å². The predicted molar refractivity (Wildman–Crippen MR) is 137 cm³/mol. The Morgan fingerprint density at radius 3 is 2.52 bits per heavy atom. The van der Waals surface area contributed by atoms with Gasteiger partial charge in [0.05, 0.1) is 23.6 Å². The molecule has 0 radical (unpaired) electrons. The second-order valence-electron chi connectivity index (χ2n) is 9.96. The molecule has 0 saturated carbocycles. The van der Waals surface area contributed by atoms with Crippen molar-refractivity contribution in [1.82, 2.24) is 30.1 Å². The molecule has 2 aromatic carbocycles. The highest BCUT2D eigenvalue weighted by Gasteiger charge is 2.35. The number of piperidine rings is 1. The minimum Gasteiger partial charge on any atom is -0.322 e. The summed E-state index contributed by atoms with van der Waals surface area (Å²) in [5.74, 6) is -3.38. The number of H-pyrrole nitrogens is 1. The van der Waals surface area contributed by atoms with E-state index in [4.69, 9.17) is 0 Å². The van der Waals surface area contributed by atoms with Crippen LogP contribution < -0.4 is 5.32 Å². The number of likely N-dealkylation sites (tertiary alicyclic amines) is 1. The van der Waals surface area contributed by atoms with Crippen LogP contribution in [-0.2, 0) is 12.7 Å². The Bertz CT molecular complexity index is 1530. The van der Waals surface area contributed by atoms with E-state index in [1.807, 2.05) is 13.8 Å². The molecule has 13 heteroatoms. The van der Waals surface area contributed by atoms with Crippen molar-refractivity contribution in [2.45, 2.75) is 45.3 Å². The molecular weight excluding hydrogens is 533 g/mol. The first kappa shape index (κ1) is 27.4. The van der Waals surface area contributed by atoms with Crippen LogP contribution in [0, 0.1) is 13.8 Å². The standard InChI is InChI=1S/C27H26F5N7O/c1-16-3-4-19(11-24(16)39-15-23(36-37-39)22-13-33-35-17(22)2)25(40)34-21-10-18(9-20(12-21)27(30,31)32)14-38-7-5-26(28,29)6-8-38/h3-4,9-13,15H,5-8,14H2,1-2H3,(H,33,35)(H,34,40). The quantitative estimate of drug-likeness (QED) is 0.293. The Morgan fingerprint density at radius 2 is 1.85 bits per heavy atom. The normalized spacial score (nSPS) is 15.8. The van der Waals surface area contributed by atoms with Crippen LogP contribution >= 0.6 is 0 Å². The minimum absolute atomic E-state index is 0.0437. The van der Waals surface area contributed by atoms with Crippen molar-refractivity contribution < 1.29 is 26.7 Å². The Kier molecular flexibility index (Phi) is 7.17. The Labute approximate surface area is 226 Å². The number of benzene rings is 2. The highest BCUT2D eigenvalue weighted by molar-refractivity contribution is 6.04. The lowest BCUT2D eigenvalue weighted by Crippen LogP contribution is -2.38. The molecule has 0 atom stereocenters. The zero-order valence-electron chi connectivity index (χ0n) is 21.7. The van der Waals surface area contributed by atoms with E-state index in [1.165, 1.54) is 10.7 Å². The Hall–Kier alpha value is -4.13. The zero-order chi connectivity index (χ0) is 28.7. The van der Waals surface area contributed by atoms with Crippen molar-refractivity contribution in [3.8, 4) is 16.9 Å². The largest absolute Gasteiger partial charge is 0.416 e. The Morgan fingerprint density at radius 1 is 1.10 bits per heavy atom. The molecule has 1 saturated heterocycles. The fourth-order valence-electron chi connectivity index (χ4n) is 4.63. The monoisotopic (exact) mass is 559 g/mol. The number of halogens is 5. The third-order valence-corrected chi connectivity index (χ3v) is 6.89. The number of alkyl halides is 5. The summed E-state index contributed by atoms with van der Waals surface area (Å²) in [5.41, 5.74) is 3.03. The number of amides is 1. The maximum absolute atomic E-state index is 13.7. The van der Waals surface area contributed by atoms with Gasteiger partial charge in [-0.1, -0.05) is 11.3 Å². The highest BCUT2D eigenvalue weighted by atomic mass is 19.4. The van der Waals surface area contributed by atoms with Crippen LogP contribution in [0.15, 0.2) is 48.8 Å². The van der Waals surface area contributed by atoms with E-state index >= 15 is 0 Å². The molecule has 40 heavy (non-hydrogen) atoms. The smallest absolute Gasteiger partial charge is 0.322 e. The van der Waals surface area contributed by atoms with E-state index in [-0.39, 0.29) is 49.3 Å². The summed E-state index contributed by atoms with van der Waals surface area (Å²) in [6.07, 6.45) is -2.03. The third kappa shape index (κ3) is 6.03. The van der Waals surface area contributed by atoms with Crippen LogP contribution in [0.1, 0.15) is 45.6 Å². The summed E-state index contributed by atoms with van der Waals surface area (Å²) < 4.78 is 69.5. The molecule has 1 fully saturated rings. The molecular formula is C27H26F5N7O. The molecule has 8 nitrogen and oxygen atoms in total. The van der Waals surface area contributed by atoms with Crippen LogP contribution in [-0.4, -0.2) is 55.0 Å². The van der Waals surface area contributed by atoms with E-state index in [2.05, 4.69) is 25.8 Å². The number of aromatic amines is 1. The summed E-state index contributed by atoms with van der Waals surface area (Å²) in [4.78, 5) is 14.8. The van der Waals surface area contributed by atoms with E-state index in [9.17, 15) is 26.7 Å². The number of anilines is 1. The molecule has 0 unspecified atom stereocenters. The number of hydrogen-bond acceptors (Lipinski definition) is 5. The Balaban J connectivity index is 1.38. The van der Waals surface area contributed by atoms with E-state index < -0.39 is 23.6 Å². The molecule has 1 aliphatic heterocycles. The van der Waals surface area contributed by atoms with Crippen molar-refractivity contribution >= 4 is 11.6 Å². The minimum atomic E-state index is -4.65. The average Bonchev–Trinajstić information content (AvgIpc) is 3.54. The van der Waals surface area contributed by atoms with Crippen molar-refractivity contribution in [2.24, 2.45) is 0 Å². The highest BCUT2D eigenvalue weighted by Crippen LogP contribution is 2.34. The van der Waals surface area contributed by atoms with Gasteiger partial charge in [0.25, 0.3) is 11.8 Å². The second-order valence-corrected chi connectivity index (χ2v) is 9.96. The molecule has 5 rings (SSSR count). The number of carbonyl (C=O) groups is 1. The number of aromatic nitrogens is 5. The summed E-state index contributed by atoms with van der Waals surface area (Å²) in [6, 6.07) is 8.13. The molecule has 0 aliphatic carbocycles. The van der Waals surface area contributed by atoms with Gasteiger partial charge in [0.15, 0.2) is 0 Å². The number of hydrogen-bond donors (Lipinski definition) is 2. The average molecular weight is 560 g/mol. The van der Waals surface area contributed by atoms with Gasteiger partial charge in [-0.3, -0.25) is 14.8 Å². The van der Waals surface area contributed by atoms with Gasteiger partial charge in [0, 0.05) is 55.0 Å². The van der Waals surface area contributed by atoms with Gasteiger partial charge in [0.2, 0.25) is 0 Å². The van der Waals surface area contributed by atoms with Gasteiger partial charge in [-0.15, -0.1) is 5.10 Å². The van der Waals surface area contributed by atoms with Crippen molar-refractivity contribution in [3.05, 3.63) is 76.7 Å². The first-order valence-electron chi connectivity index (χ1n) is 12.5. The molecule has 0 bridgehead atoms. The van der Waals surface area contributed by atoms with Crippen LogP contribution in [0.5, 0.6) is 0 Å². The molecule has 2 N–H and O–H groups in total. The van der Waals surface area contributed by atoms with Crippen LogP contribution in [0.2, 0.25) is 0 Å². The van der Waals surface area contributed by atoms with Gasteiger partial charge >= 0.3 is 6.18 Å². The molecule has 4 aromatic rings. The van der Waals surface area contributed by atoms with E-state index in [1.54, 1.807) is 35.5 Å². The summed E-state index contributed by atoms with van der Waals surface area (Å²) in [5, 5.41) is 17.7. The molecule has 2 aromatic heterocycles. The second kappa shape index (κ2) is 10.5. The van der Waals surface area contributed by atoms with Crippen molar-refractivity contribution in [1.29, 1.82) is 0 Å². The van der Waals surface area contributed by atoms with Crippen molar-refractivity contribution in [3.63, 3.8) is 0 Å². The third-order valence-electron chi connectivity index (χ3n) is 6.89. The number of aryl methyl sites for hydroxylation is 2. The topological polar surface area (TPSA) is 91.7 Å². The summed E-state index contributed by atoms with van der Waals surface area (Å²) in [6.45, 7) is 3.88. The van der Waals surface area contributed by atoms with Gasteiger partial charge in [-0.2, -0.15) is 18.3 Å². The van der Waals surface area contributed by atoms with Gasteiger partial charge in [-0.25, -0.2) is 13.5 Å². The molecule has 3 heterocycles. The van der Waals surface area contributed by atoms with Gasteiger partial charge in [-0.05, 0) is 55.3 Å². The molecule has 1 amide bonds. The van der Waals surface area contributed by atoms with Gasteiger partial charge in [0.1, 0.15) is 5.69 Å². The lowest BCUT2D eigenvalue weighted by Gasteiger charge is -2.31. The van der Waals surface area contributed by atoms with E-state index in [0.29, 0.717) is 11.4 Å². The van der Waals surface area contributed by atoms with Crippen molar-refractivity contribution in [2.75, 3.05) is 18.4 Å². The number of rotatable bonds is 6. The fourth-order valence-corrected chi connectivity index (χ4v) is 4.63. The summed E-state index contributed by atoms with van der Waals surface area (Å²) >= 11 is 0. The summed E-state index contributed by atoms with van der Waals surface area (Å²) in [7, 11) is 0. The lowest BCUT2D eigenvalue weighted by atomic mass is 10.0. The maximum atomic E-state index is 13.7. The van der Waals surface area contributed by atoms with Crippen LogP contribution in [0.3, 0.4) is 0 Å². The van der Waals surface area contributed by atoms with Crippen LogP contribution in [0.25, 0.3) is 16.9 Å². The first-order valence-corrected chi connectivity index (χ1v) is 12.5. The molecule has 0 spiro atoms. The van der Waals surface area contributed by atoms with Crippen LogP contribution in [0.4, 0.5) is 27.6 Å². The zero-order valence-corrected chi connectivity index (χ0v) is 21.7. The first-order chi connectivity index (χ1) is 18.9. The SMILES string of the molecule is Cc1ccc(C(=O)Nc2cc(CN3CCC(F)(F)CC3)cc(C(F)(F)F)c2)cc1-n1cc(-c2cn[nH]c2C)nn1. The number of carbonyl (C=O) groups excluding carboxylic acids is 1. The predicted octanol–water partition coefficient (Wildman–Crippen LogP) is 5.78. The number of nitrogens with zero attached hydrogens (tertiary/aromatic N) is 5.